The first kappa shape index (κ1) is 21.5. The van der Waals surface area contributed by atoms with E-state index in [1.807, 2.05) is 60.3 Å². The van der Waals surface area contributed by atoms with Gasteiger partial charge in [-0.1, -0.05) is 59.6 Å². The number of aromatic nitrogens is 6. The van der Waals surface area contributed by atoms with Crippen LogP contribution in [0.2, 0.25) is 5.02 Å². The van der Waals surface area contributed by atoms with Crippen LogP contribution in [0, 0.1) is 6.92 Å². The van der Waals surface area contributed by atoms with Crippen molar-refractivity contribution in [2.75, 3.05) is 0 Å². The van der Waals surface area contributed by atoms with Crippen LogP contribution in [0.4, 0.5) is 0 Å². The largest absolute Gasteiger partial charge is 0.336 e. The fourth-order valence-electron chi connectivity index (χ4n) is 4.81. The summed E-state index contributed by atoms with van der Waals surface area (Å²) in [4.78, 5) is 4.35. The molecular weight excluding hydrogens is 458 g/mol. The minimum absolute atomic E-state index is 0.655. The number of nitrogens with two attached hydrogens (primary N) is 1. The van der Waals surface area contributed by atoms with Crippen molar-refractivity contribution in [3.8, 4) is 11.1 Å². The van der Waals surface area contributed by atoms with Crippen LogP contribution >= 0.6 is 11.6 Å². The van der Waals surface area contributed by atoms with Gasteiger partial charge in [-0.3, -0.25) is 0 Å². The number of hydrogen-bond acceptors (Lipinski definition) is 5. The topological polar surface area (TPSA) is 86.9 Å². The molecule has 0 bridgehead atoms. The zero-order valence-electron chi connectivity index (χ0n) is 19.2. The van der Waals surface area contributed by atoms with Crippen molar-refractivity contribution in [1.29, 1.82) is 0 Å². The fourth-order valence-corrected chi connectivity index (χ4v) is 4.93. The van der Waals surface area contributed by atoms with E-state index in [0.29, 0.717) is 10.7 Å². The van der Waals surface area contributed by atoms with Gasteiger partial charge in [0.05, 0.1) is 23.7 Å². The molecule has 3 aromatic heterocycles. The van der Waals surface area contributed by atoms with E-state index >= 15 is 0 Å². The second-order valence-electron chi connectivity index (χ2n) is 8.81. The SMILES string of the molecule is Cc1cccc(-c2cc3nnnn3c3ccc(C(N)(c4ccc(Cl)cc4)c4cncn4C)cc23)c1. The van der Waals surface area contributed by atoms with Gasteiger partial charge in [0.2, 0.25) is 0 Å². The standard InChI is InChI=1S/C27H22ClN7/c1-17-4-3-5-18(12-17)22-14-26-31-32-33-35(26)24-11-8-20(13-23(22)24)27(29,25-15-30-16-34(25)2)19-6-9-21(28)10-7-19/h3-16H,29H2,1-2H3. The van der Waals surface area contributed by atoms with Crippen LogP contribution in [-0.4, -0.2) is 29.6 Å². The summed E-state index contributed by atoms with van der Waals surface area (Å²) in [6.45, 7) is 2.09. The first-order valence-corrected chi connectivity index (χ1v) is 11.6. The first-order valence-electron chi connectivity index (χ1n) is 11.2. The van der Waals surface area contributed by atoms with E-state index in [1.165, 1.54) is 5.56 Å². The third-order valence-corrected chi connectivity index (χ3v) is 6.84. The van der Waals surface area contributed by atoms with Crippen LogP contribution < -0.4 is 5.73 Å². The molecule has 0 fully saturated rings. The molecule has 0 aliphatic carbocycles. The Balaban J connectivity index is 1.68. The van der Waals surface area contributed by atoms with Gasteiger partial charge in [0.25, 0.3) is 0 Å². The maximum atomic E-state index is 7.30. The Morgan fingerprint density at radius 3 is 2.49 bits per heavy atom. The lowest BCUT2D eigenvalue weighted by atomic mass is 9.80. The fraction of sp³-hybridized carbons (Fsp3) is 0.111. The van der Waals surface area contributed by atoms with Crippen molar-refractivity contribution in [3.63, 3.8) is 0 Å². The highest BCUT2D eigenvalue weighted by Gasteiger charge is 2.35. The minimum atomic E-state index is -0.969. The second kappa shape index (κ2) is 8.01. The molecule has 0 amide bonds. The molecular formula is C27H22ClN7. The second-order valence-corrected chi connectivity index (χ2v) is 9.25. The predicted molar refractivity (Wildman–Crippen MR) is 137 cm³/mol. The molecule has 0 saturated carbocycles. The van der Waals surface area contributed by atoms with Gasteiger partial charge in [-0.2, -0.15) is 4.52 Å². The monoisotopic (exact) mass is 479 g/mol. The third kappa shape index (κ3) is 3.39. The van der Waals surface area contributed by atoms with E-state index in [2.05, 4.69) is 57.8 Å². The summed E-state index contributed by atoms with van der Waals surface area (Å²) < 4.78 is 3.70. The van der Waals surface area contributed by atoms with Crippen molar-refractivity contribution in [1.82, 2.24) is 29.6 Å². The number of aryl methyl sites for hydroxylation is 2. The minimum Gasteiger partial charge on any atom is -0.336 e. The van der Waals surface area contributed by atoms with E-state index in [0.717, 1.165) is 38.9 Å². The molecule has 3 aromatic carbocycles. The lowest BCUT2D eigenvalue weighted by Crippen LogP contribution is -2.40. The summed E-state index contributed by atoms with van der Waals surface area (Å²) >= 11 is 6.21. The highest BCUT2D eigenvalue weighted by molar-refractivity contribution is 6.30. The van der Waals surface area contributed by atoms with Gasteiger partial charge in [0.15, 0.2) is 5.65 Å². The van der Waals surface area contributed by atoms with Gasteiger partial charge in [-0.15, -0.1) is 5.10 Å². The average molecular weight is 480 g/mol. The maximum absolute atomic E-state index is 7.30. The number of fused-ring (bicyclic) bond motifs is 3. The number of nitrogens with zero attached hydrogens (tertiary/aromatic N) is 6. The van der Waals surface area contributed by atoms with E-state index in [1.54, 1.807) is 10.8 Å². The zero-order valence-corrected chi connectivity index (χ0v) is 20.0. The Labute approximate surface area is 206 Å². The number of imidazole rings is 1. The number of tetrazole rings is 1. The molecule has 2 N–H and O–H groups in total. The maximum Gasteiger partial charge on any atom is 0.180 e. The predicted octanol–water partition coefficient (Wildman–Crippen LogP) is 4.89. The molecule has 6 aromatic rings. The van der Waals surface area contributed by atoms with Crippen molar-refractivity contribution >= 4 is 28.2 Å². The Bertz CT molecular complexity index is 1700. The first-order chi connectivity index (χ1) is 16.9. The molecule has 0 saturated heterocycles. The summed E-state index contributed by atoms with van der Waals surface area (Å²) in [7, 11) is 1.95. The van der Waals surface area contributed by atoms with Crippen molar-refractivity contribution < 1.29 is 0 Å². The lowest BCUT2D eigenvalue weighted by molar-refractivity contribution is 0.596. The smallest absolute Gasteiger partial charge is 0.180 e. The normalized spacial score (nSPS) is 13.4. The van der Waals surface area contributed by atoms with Crippen LogP contribution in [-0.2, 0) is 12.6 Å². The van der Waals surface area contributed by atoms with E-state index < -0.39 is 5.54 Å². The average Bonchev–Trinajstić information content (AvgIpc) is 3.52. The molecule has 7 nitrogen and oxygen atoms in total. The van der Waals surface area contributed by atoms with Crippen LogP contribution in [0.3, 0.4) is 0 Å². The van der Waals surface area contributed by atoms with Crippen molar-refractivity contribution in [2.24, 2.45) is 12.8 Å². The van der Waals surface area contributed by atoms with E-state index in [9.17, 15) is 0 Å². The van der Waals surface area contributed by atoms with Gasteiger partial charge >= 0.3 is 0 Å². The summed E-state index contributed by atoms with van der Waals surface area (Å²) in [5.74, 6) is 0. The molecule has 0 aliphatic rings. The van der Waals surface area contributed by atoms with Gasteiger partial charge in [0.1, 0.15) is 5.54 Å². The quantitative estimate of drug-likeness (QED) is 0.389. The van der Waals surface area contributed by atoms with Crippen LogP contribution in [0.25, 0.3) is 27.7 Å². The van der Waals surface area contributed by atoms with Crippen LogP contribution in [0.5, 0.6) is 0 Å². The van der Waals surface area contributed by atoms with Crippen LogP contribution in [0.15, 0.2) is 85.3 Å². The molecule has 1 atom stereocenters. The molecule has 35 heavy (non-hydrogen) atoms. The molecule has 8 heteroatoms. The molecule has 1 unspecified atom stereocenters. The van der Waals surface area contributed by atoms with Crippen molar-refractivity contribution in [2.45, 2.75) is 12.5 Å². The van der Waals surface area contributed by atoms with E-state index in [4.69, 9.17) is 17.3 Å². The molecule has 6 rings (SSSR count). The summed E-state index contributed by atoms with van der Waals surface area (Å²) in [5, 5.41) is 14.0. The number of pyridine rings is 1. The zero-order chi connectivity index (χ0) is 24.2. The molecule has 172 valence electrons. The Hall–Kier alpha value is -4.07. The summed E-state index contributed by atoms with van der Waals surface area (Å²) in [6, 6.07) is 24.3. The van der Waals surface area contributed by atoms with Gasteiger partial charge < -0.3 is 10.3 Å². The molecule has 0 aliphatic heterocycles. The van der Waals surface area contributed by atoms with Gasteiger partial charge in [-0.25, -0.2) is 4.98 Å². The van der Waals surface area contributed by atoms with Crippen LogP contribution in [0.1, 0.15) is 22.4 Å². The highest BCUT2D eigenvalue weighted by Crippen LogP contribution is 2.38. The highest BCUT2D eigenvalue weighted by atomic mass is 35.5. The Morgan fingerprint density at radius 1 is 0.943 bits per heavy atom. The number of hydrogen-bond donors (Lipinski definition) is 1. The number of halogens is 1. The number of benzene rings is 3. The Kier molecular flexibility index (Phi) is 4.91. The molecule has 3 heterocycles. The summed E-state index contributed by atoms with van der Waals surface area (Å²) in [5.41, 5.74) is 13.9. The molecule has 0 spiro atoms. The third-order valence-electron chi connectivity index (χ3n) is 6.59. The summed E-state index contributed by atoms with van der Waals surface area (Å²) in [6.07, 6.45) is 3.57. The van der Waals surface area contributed by atoms with Crippen molar-refractivity contribution in [3.05, 3.63) is 113 Å². The Morgan fingerprint density at radius 2 is 1.74 bits per heavy atom. The van der Waals surface area contributed by atoms with Gasteiger partial charge in [-0.05, 0) is 69.9 Å². The number of rotatable bonds is 4. The van der Waals surface area contributed by atoms with Gasteiger partial charge in [0, 0.05) is 17.5 Å². The molecule has 0 radical (unpaired) electrons. The van der Waals surface area contributed by atoms with E-state index in [-0.39, 0.29) is 0 Å². The lowest BCUT2D eigenvalue weighted by Gasteiger charge is -2.31.